The Morgan fingerprint density at radius 3 is 2.55 bits per heavy atom. The van der Waals surface area contributed by atoms with Gasteiger partial charge in [0.1, 0.15) is 22.9 Å². The van der Waals surface area contributed by atoms with Crippen molar-refractivity contribution >= 4 is 37.8 Å². The molecule has 2 atom stereocenters. The zero-order chi connectivity index (χ0) is 24.4. The van der Waals surface area contributed by atoms with Crippen LogP contribution < -0.4 is 5.32 Å². The second-order valence-corrected chi connectivity index (χ2v) is 11.2. The van der Waals surface area contributed by atoms with E-state index in [4.69, 9.17) is 4.74 Å². The van der Waals surface area contributed by atoms with E-state index in [9.17, 15) is 26.8 Å². The molecule has 11 heteroatoms. The molecule has 0 saturated carbocycles. The third-order valence-electron chi connectivity index (χ3n) is 5.84. The van der Waals surface area contributed by atoms with Gasteiger partial charge in [-0.15, -0.1) is 0 Å². The Morgan fingerprint density at radius 1 is 1.24 bits per heavy atom. The number of amides is 2. The molecule has 2 amide bonds. The number of ether oxygens (including phenoxy) is 1. The highest BCUT2D eigenvalue weighted by Gasteiger charge is 2.48. The van der Waals surface area contributed by atoms with Crippen LogP contribution in [0.15, 0.2) is 51.8 Å². The lowest BCUT2D eigenvalue weighted by atomic mass is 9.87. The van der Waals surface area contributed by atoms with Gasteiger partial charge in [-0.2, -0.15) is 0 Å². The Kier molecular flexibility index (Phi) is 7.42. The molecule has 1 saturated heterocycles. The van der Waals surface area contributed by atoms with Crippen LogP contribution in [-0.2, 0) is 24.1 Å². The first-order chi connectivity index (χ1) is 15.5. The smallest absolute Gasteiger partial charge is 0.410 e. The predicted molar refractivity (Wildman–Crippen MR) is 120 cm³/mol. The Hall–Kier alpha value is -2.53. The summed E-state index contributed by atoms with van der Waals surface area (Å²) >= 11 is 3.25. The van der Waals surface area contributed by atoms with Crippen LogP contribution in [0.3, 0.4) is 0 Å². The largest absolute Gasteiger partial charge is 0.449 e. The zero-order valence-corrected chi connectivity index (χ0v) is 20.4. The molecule has 3 rings (SSSR count). The van der Waals surface area contributed by atoms with Crippen molar-refractivity contribution < 1.29 is 31.5 Å². The van der Waals surface area contributed by atoms with Crippen molar-refractivity contribution in [3.63, 3.8) is 0 Å². The van der Waals surface area contributed by atoms with Crippen molar-refractivity contribution in [3.05, 3.63) is 64.1 Å². The fourth-order valence-corrected chi connectivity index (χ4v) is 5.94. The Bertz CT molecular complexity index is 1160. The van der Waals surface area contributed by atoms with Crippen LogP contribution in [0.25, 0.3) is 0 Å². The number of carbonyl (C=O) groups is 2. The SMILES string of the molecule is CC(COC(=O)N1CCNC(=O)C1)C(C)(c1cc(F)ccc1F)S(=O)(=O)c1ccc(Br)cc1. The summed E-state index contributed by atoms with van der Waals surface area (Å²) < 4.78 is 60.4. The number of benzene rings is 2. The van der Waals surface area contributed by atoms with Gasteiger partial charge in [-0.05, 0) is 49.4 Å². The minimum atomic E-state index is -4.29. The van der Waals surface area contributed by atoms with Crippen LogP contribution in [-0.4, -0.2) is 51.6 Å². The van der Waals surface area contributed by atoms with Crippen LogP contribution in [0.5, 0.6) is 0 Å². The fourth-order valence-electron chi connectivity index (χ4n) is 3.65. The lowest BCUT2D eigenvalue weighted by Crippen LogP contribution is -2.50. The van der Waals surface area contributed by atoms with Gasteiger partial charge in [0.25, 0.3) is 0 Å². The molecular weight excluding hydrogens is 522 g/mol. The maximum absolute atomic E-state index is 14.9. The molecule has 0 radical (unpaired) electrons. The highest BCUT2D eigenvalue weighted by atomic mass is 79.9. The fraction of sp³-hybridized carbons (Fsp3) is 0.364. The summed E-state index contributed by atoms with van der Waals surface area (Å²) in [5, 5.41) is 2.58. The topological polar surface area (TPSA) is 92.8 Å². The standard InChI is InChI=1S/C22H23BrF2N2O5S/c1-14(13-32-21(29)27-10-9-26-20(28)12-27)22(2,18-11-16(24)5-8-19(18)25)33(30,31)17-6-3-15(23)4-7-17/h3-8,11,14H,9-10,12-13H2,1-2H3,(H,26,28). The first-order valence-electron chi connectivity index (χ1n) is 10.1. The second kappa shape index (κ2) is 9.76. The molecule has 1 aliphatic rings. The molecule has 1 N–H and O–H groups in total. The maximum atomic E-state index is 14.9. The van der Waals surface area contributed by atoms with E-state index in [-0.39, 0.29) is 36.0 Å². The monoisotopic (exact) mass is 544 g/mol. The molecule has 0 bridgehead atoms. The van der Waals surface area contributed by atoms with Gasteiger partial charge in [0, 0.05) is 29.0 Å². The van der Waals surface area contributed by atoms with Crippen LogP contribution in [0, 0.1) is 17.6 Å². The van der Waals surface area contributed by atoms with Gasteiger partial charge in [-0.25, -0.2) is 22.0 Å². The van der Waals surface area contributed by atoms with E-state index >= 15 is 0 Å². The number of hydrogen-bond donors (Lipinski definition) is 1. The zero-order valence-electron chi connectivity index (χ0n) is 18.0. The summed E-state index contributed by atoms with van der Waals surface area (Å²) in [6, 6.07) is 8.39. The summed E-state index contributed by atoms with van der Waals surface area (Å²) in [5.74, 6) is -3.02. The number of rotatable bonds is 6. The number of piperazine rings is 1. The van der Waals surface area contributed by atoms with E-state index in [1.165, 1.54) is 43.0 Å². The first kappa shape index (κ1) is 25.1. The highest BCUT2D eigenvalue weighted by Crippen LogP contribution is 2.43. The minimum absolute atomic E-state index is 0.0947. The van der Waals surface area contributed by atoms with E-state index < -0.39 is 44.8 Å². The molecule has 0 aromatic heterocycles. The number of halogens is 3. The van der Waals surface area contributed by atoms with Crippen LogP contribution in [0.4, 0.5) is 13.6 Å². The minimum Gasteiger partial charge on any atom is -0.449 e. The molecule has 2 unspecified atom stereocenters. The van der Waals surface area contributed by atoms with Gasteiger partial charge in [0.05, 0.1) is 11.5 Å². The van der Waals surface area contributed by atoms with Crippen molar-refractivity contribution in [1.82, 2.24) is 10.2 Å². The number of nitrogens with zero attached hydrogens (tertiary/aromatic N) is 1. The summed E-state index contributed by atoms with van der Waals surface area (Å²) in [7, 11) is -4.29. The van der Waals surface area contributed by atoms with E-state index in [0.717, 1.165) is 18.2 Å². The molecule has 2 aromatic carbocycles. The maximum Gasteiger partial charge on any atom is 0.410 e. The van der Waals surface area contributed by atoms with Gasteiger partial charge >= 0.3 is 6.09 Å². The summed E-state index contributed by atoms with van der Waals surface area (Å²) in [6.07, 6.45) is -0.792. The second-order valence-electron chi connectivity index (χ2n) is 7.94. The van der Waals surface area contributed by atoms with Crippen LogP contribution in [0.2, 0.25) is 0 Å². The lowest BCUT2D eigenvalue weighted by molar-refractivity contribution is -0.123. The summed E-state index contributed by atoms with van der Waals surface area (Å²) in [6.45, 7) is 2.70. The number of carbonyl (C=O) groups excluding carboxylic acids is 2. The predicted octanol–water partition coefficient (Wildman–Crippen LogP) is 3.62. The molecule has 1 aliphatic heterocycles. The van der Waals surface area contributed by atoms with Gasteiger partial charge in [-0.3, -0.25) is 9.69 Å². The van der Waals surface area contributed by atoms with Crippen LogP contribution in [0.1, 0.15) is 19.4 Å². The van der Waals surface area contributed by atoms with Gasteiger partial charge in [-0.1, -0.05) is 22.9 Å². The van der Waals surface area contributed by atoms with Crippen molar-refractivity contribution in [1.29, 1.82) is 0 Å². The average Bonchev–Trinajstić information content (AvgIpc) is 2.78. The van der Waals surface area contributed by atoms with E-state index in [0.29, 0.717) is 4.47 Å². The molecule has 178 valence electrons. The molecule has 2 aromatic rings. The molecule has 33 heavy (non-hydrogen) atoms. The molecule has 7 nitrogen and oxygen atoms in total. The van der Waals surface area contributed by atoms with Gasteiger partial charge < -0.3 is 10.1 Å². The van der Waals surface area contributed by atoms with E-state index in [2.05, 4.69) is 21.2 Å². The summed E-state index contributed by atoms with van der Waals surface area (Å²) in [4.78, 5) is 25.0. The lowest BCUT2D eigenvalue weighted by Gasteiger charge is -2.36. The molecule has 1 heterocycles. The van der Waals surface area contributed by atoms with E-state index in [1.54, 1.807) is 0 Å². The summed E-state index contributed by atoms with van der Waals surface area (Å²) in [5.41, 5.74) is -0.369. The molecule has 1 fully saturated rings. The average molecular weight is 545 g/mol. The highest BCUT2D eigenvalue weighted by molar-refractivity contribution is 9.10. The van der Waals surface area contributed by atoms with Gasteiger partial charge in [0.2, 0.25) is 5.91 Å². The quantitative estimate of drug-likeness (QED) is 0.599. The molecule has 0 aliphatic carbocycles. The van der Waals surface area contributed by atoms with E-state index in [1.807, 2.05) is 0 Å². The van der Waals surface area contributed by atoms with Gasteiger partial charge in [0.15, 0.2) is 9.84 Å². The third-order valence-corrected chi connectivity index (χ3v) is 9.00. The molecule has 0 spiro atoms. The Balaban J connectivity index is 1.98. The Morgan fingerprint density at radius 2 is 1.91 bits per heavy atom. The van der Waals surface area contributed by atoms with Crippen molar-refractivity contribution in [2.75, 3.05) is 26.2 Å². The first-order valence-corrected chi connectivity index (χ1v) is 12.4. The van der Waals surface area contributed by atoms with Crippen molar-refractivity contribution in [2.45, 2.75) is 23.5 Å². The number of hydrogen-bond acceptors (Lipinski definition) is 5. The normalized spacial score (nSPS) is 17.1. The van der Waals surface area contributed by atoms with Crippen LogP contribution >= 0.6 is 15.9 Å². The number of sulfone groups is 1. The van der Waals surface area contributed by atoms with Crippen molar-refractivity contribution in [3.8, 4) is 0 Å². The van der Waals surface area contributed by atoms with Crippen molar-refractivity contribution in [2.24, 2.45) is 5.92 Å². The third kappa shape index (κ3) is 5.03. The Labute approximate surface area is 199 Å². The number of nitrogens with one attached hydrogen (secondary N) is 1. The molecular formula is C22H23BrF2N2O5S.